The van der Waals surface area contributed by atoms with E-state index < -0.39 is 0 Å². The molecule has 3 heteroatoms. The van der Waals surface area contributed by atoms with Crippen molar-refractivity contribution in [3.8, 4) is 0 Å². The zero-order chi connectivity index (χ0) is 9.56. The molecule has 0 aromatic rings. The monoisotopic (exact) mass is 172 g/mol. The Bertz CT molecular complexity index is 136. The van der Waals surface area contributed by atoms with Crippen LogP contribution in [0, 0.1) is 0 Å². The lowest BCUT2D eigenvalue weighted by atomic mass is 10.2. The fourth-order valence-corrected chi connectivity index (χ4v) is 0.963. The Kier molecular flexibility index (Phi) is 5.72. The molecule has 72 valence electrons. The van der Waals surface area contributed by atoms with Crippen molar-refractivity contribution in [1.82, 2.24) is 4.90 Å². The third-order valence-electron chi connectivity index (χ3n) is 1.98. The van der Waals surface area contributed by atoms with Crippen molar-refractivity contribution in [1.29, 1.82) is 0 Å². The van der Waals surface area contributed by atoms with Gasteiger partial charge in [-0.25, -0.2) is 0 Å². The summed E-state index contributed by atoms with van der Waals surface area (Å²) in [6, 6.07) is -0.313. The molecule has 0 fully saturated rings. The lowest BCUT2D eigenvalue weighted by Gasteiger charge is -2.19. The number of rotatable bonds is 5. The van der Waals surface area contributed by atoms with Crippen molar-refractivity contribution in [2.45, 2.75) is 39.2 Å². The lowest BCUT2D eigenvalue weighted by molar-refractivity contribution is -0.131. The molecule has 1 amide bonds. The molecule has 0 radical (unpaired) electrons. The minimum atomic E-state index is -0.313. The zero-order valence-electron chi connectivity index (χ0n) is 8.34. The van der Waals surface area contributed by atoms with Crippen LogP contribution in [0.3, 0.4) is 0 Å². The first-order valence-corrected chi connectivity index (χ1v) is 4.64. The Labute approximate surface area is 74.9 Å². The van der Waals surface area contributed by atoms with E-state index in [1.165, 1.54) is 0 Å². The Hall–Kier alpha value is -0.570. The second-order valence-corrected chi connectivity index (χ2v) is 3.13. The smallest absolute Gasteiger partial charge is 0.239 e. The van der Waals surface area contributed by atoms with Crippen molar-refractivity contribution < 1.29 is 4.79 Å². The summed E-state index contributed by atoms with van der Waals surface area (Å²) >= 11 is 0. The predicted molar refractivity (Wildman–Crippen MR) is 50.8 cm³/mol. The Morgan fingerprint density at radius 2 is 2.08 bits per heavy atom. The first kappa shape index (κ1) is 11.4. The van der Waals surface area contributed by atoms with Crippen molar-refractivity contribution in [3.63, 3.8) is 0 Å². The Balaban J connectivity index is 3.75. The van der Waals surface area contributed by atoms with Gasteiger partial charge in [0.25, 0.3) is 0 Å². The maximum absolute atomic E-state index is 11.4. The van der Waals surface area contributed by atoms with Crippen LogP contribution in [0.1, 0.15) is 33.1 Å². The van der Waals surface area contributed by atoms with Gasteiger partial charge in [0.15, 0.2) is 0 Å². The molecule has 0 bridgehead atoms. The molecule has 0 rings (SSSR count). The topological polar surface area (TPSA) is 46.3 Å². The summed E-state index contributed by atoms with van der Waals surface area (Å²) < 4.78 is 0. The molecule has 0 saturated carbocycles. The number of unbranched alkanes of at least 4 members (excludes halogenated alkanes) is 1. The summed E-state index contributed by atoms with van der Waals surface area (Å²) in [6.07, 6.45) is 2.88. The molecule has 0 aromatic carbocycles. The summed E-state index contributed by atoms with van der Waals surface area (Å²) in [5.41, 5.74) is 5.60. The van der Waals surface area contributed by atoms with Gasteiger partial charge in [0.2, 0.25) is 5.91 Å². The molecule has 2 N–H and O–H groups in total. The maximum Gasteiger partial charge on any atom is 0.239 e. The molecule has 1 atom stereocenters. The molecule has 12 heavy (non-hydrogen) atoms. The van der Waals surface area contributed by atoms with Crippen LogP contribution in [0.15, 0.2) is 0 Å². The zero-order valence-corrected chi connectivity index (χ0v) is 8.34. The van der Waals surface area contributed by atoms with Gasteiger partial charge in [-0.2, -0.15) is 0 Å². The average molecular weight is 172 g/mol. The number of nitrogens with zero attached hydrogens (tertiary/aromatic N) is 1. The highest BCUT2D eigenvalue weighted by atomic mass is 16.2. The van der Waals surface area contributed by atoms with Crippen LogP contribution in [0.4, 0.5) is 0 Å². The number of hydrogen-bond donors (Lipinski definition) is 1. The van der Waals surface area contributed by atoms with Crippen LogP contribution in [-0.2, 0) is 4.79 Å². The van der Waals surface area contributed by atoms with Crippen LogP contribution in [-0.4, -0.2) is 30.4 Å². The third kappa shape index (κ3) is 3.72. The minimum absolute atomic E-state index is 0.0611. The van der Waals surface area contributed by atoms with Gasteiger partial charge in [-0.15, -0.1) is 0 Å². The van der Waals surface area contributed by atoms with Gasteiger partial charge in [0.05, 0.1) is 6.04 Å². The number of nitrogens with two attached hydrogens (primary N) is 1. The fourth-order valence-electron chi connectivity index (χ4n) is 0.963. The summed E-state index contributed by atoms with van der Waals surface area (Å²) in [6.45, 7) is 4.86. The van der Waals surface area contributed by atoms with E-state index in [1.54, 1.807) is 4.90 Å². The summed E-state index contributed by atoms with van der Waals surface area (Å²) in [7, 11) is 1.81. The maximum atomic E-state index is 11.4. The number of carbonyl (C=O) groups is 1. The average Bonchev–Trinajstić information content (AvgIpc) is 2.11. The van der Waals surface area contributed by atoms with E-state index in [-0.39, 0.29) is 11.9 Å². The van der Waals surface area contributed by atoms with E-state index in [2.05, 4.69) is 6.92 Å². The molecular formula is C9H20N2O. The van der Waals surface area contributed by atoms with E-state index in [1.807, 2.05) is 14.0 Å². The van der Waals surface area contributed by atoms with Gasteiger partial charge in [-0.1, -0.05) is 20.3 Å². The first-order valence-electron chi connectivity index (χ1n) is 4.64. The highest BCUT2D eigenvalue weighted by Gasteiger charge is 2.14. The molecule has 0 saturated heterocycles. The van der Waals surface area contributed by atoms with Gasteiger partial charge in [0.1, 0.15) is 0 Å². The molecule has 3 nitrogen and oxygen atoms in total. The highest BCUT2D eigenvalue weighted by molar-refractivity contribution is 5.81. The Morgan fingerprint density at radius 3 is 2.50 bits per heavy atom. The number of amides is 1. The van der Waals surface area contributed by atoms with Crippen molar-refractivity contribution in [2.24, 2.45) is 5.73 Å². The van der Waals surface area contributed by atoms with Crippen LogP contribution >= 0.6 is 0 Å². The SMILES string of the molecule is CCCCN(C)C(=O)[C@H](N)CC. The third-order valence-corrected chi connectivity index (χ3v) is 1.98. The summed E-state index contributed by atoms with van der Waals surface area (Å²) in [5.74, 6) is 0.0611. The van der Waals surface area contributed by atoms with Gasteiger partial charge in [-0.05, 0) is 12.8 Å². The van der Waals surface area contributed by atoms with Crippen LogP contribution < -0.4 is 5.73 Å². The second-order valence-electron chi connectivity index (χ2n) is 3.13. The quantitative estimate of drug-likeness (QED) is 0.672. The molecular weight excluding hydrogens is 152 g/mol. The van der Waals surface area contributed by atoms with E-state index in [4.69, 9.17) is 5.73 Å². The highest BCUT2D eigenvalue weighted by Crippen LogP contribution is 1.97. The van der Waals surface area contributed by atoms with Crippen LogP contribution in [0.25, 0.3) is 0 Å². The molecule has 0 aliphatic carbocycles. The van der Waals surface area contributed by atoms with E-state index in [0.717, 1.165) is 25.8 Å². The van der Waals surface area contributed by atoms with Gasteiger partial charge >= 0.3 is 0 Å². The summed E-state index contributed by atoms with van der Waals surface area (Å²) in [4.78, 5) is 13.1. The molecule has 0 heterocycles. The minimum Gasteiger partial charge on any atom is -0.344 e. The van der Waals surface area contributed by atoms with Crippen LogP contribution in [0.5, 0.6) is 0 Å². The summed E-state index contributed by atoms with van der Waals surface area (Å²) in [5, 5.41) is 0. The van der Waals surface area contributed by atoms with E-state index in [0.29, 0.717) is 0 Å². The second kappa shape index (κ2) is 6.00. The predicted octanol–water partition coefficient (Wildman–Crippen LogP) is 0.982. The van der Waals surface area contributed by atoms with Crippen LogP contribution in [0.2, 0.25) is 0 Å². The van der Waals surface area contributed by atoms with Crippen molar-refractivity contribution in [3.05, 3.63) is 0 Å². The normalized spacial score (nSPS) is 12.7. The van der Waals surface area contributed by atoms with Gasteiger partial charge in [0, 0.05) is 13.6 Å². The van der Waals surface area contributed by atoms with Gasteiger partial charge in [-0.3, -0.25) is 4.79 Å². The standard InChI is InChI=1S/C9H20N2O/c1-4-6-7-11(3)9(12)8(10)5-2/h8H,4-7,10H2,1-3H3/t8-/m1/s1. The molecule has 0 aliphatic heterocycles. The fraction of sp³-hybridized carbons (Fsp3) is 0.889. The molecule has 0 spiro atoms. The van der Waals surface area contributed by atoms with Gasteiger partial charge < -0.3 is 10.6 Å². The number of likely N-dealkylation sites (N-methyl/N-ethyl adjacent to an activating group) is 1. The molecule has 0 aromatic heterocycles. The van der Waals surface area contributed by atoms with Crippen molar-refractivity contribution in [2.75, 3.05) is 13.6 Å². The largest absolute Gasteiger partial charge is 0.344 e. The first-order chi connectivity index (χ1) is 5.63. The molecule has 0 unspecified atom stereocenters. The number of carbonyl (C=O) groups excluding carboxylic acids is 1. The lowest BCUT2D eigenvalue weighted by Crippen LogP contribution is -2.41. The van der Waals surface area contributed by atoms with Crippen molar-refractivity contribution >= 4 is 5.91 Å². The van der Waals surface area contributed by atoms with E-state index >= 15 is 0 Å². The Morgan fingerprint density at radius 1 is 1.50 bits per heavy atom. The number of hydrogen-bond acceptors (Lipinski definition) is 2. The van der Waals surface area contributed by atoms with E-state index in [9.17, 15) is 4.79 Å². The molecule has 0 aliphatic rings.